The van der Waals surface area contributed by atoms with Gasteiger partial charge in [0, 0.05) is 0 Å². The Morgan fingerprint density at radius 1 is 1.45 bits per heavy atom. The molecule has 0 fully saturated rings. The van der Waals surface area contributed by atoms with Crippen molar-refractivity contribution in [1.29, 1.82) is 0 Å². The van der Waals surface area contributed by atoms with Gasteiger partial charge in [0.25, 0.3) is 0 Å². The Morgan fingerprint density at radius 2 is 2.18 bits per heavy atom. The summed E-state index contributed by atoms with van der Waals surface area (Å²) in [6.07, 6.45) is 6.45. The number of hydrogen-bond acceptors (Lipinski definition) is 1. The third-order valence-electron chi connectivity index (χ3n) is 2.36. The van der Waals surface area contributed by atoms with E-state index in [0.29, 0.717) is 5.92 Å². The minimum atomic E-state index is -0.171. The van der Waals surface area contributed by atoms with Crippen molar-refractivity contribution in [3.63, 3.8) is 0 Å². The van der Waals surface area contributed by atoms with E-state index in [-0.39, 0.29) is 6.10 Å². The van der Waals surface area contributed by atoms with Crippen molar-refractivity contribution >= 4 is 0 Å². The van der Waals surface area contributed by atoms with Crippen LogP contribution in [0.15, 0.2) is 11.6 Å². The fourth-order valence-electron chi connectivity index (χ4n) is 1.58. The van der Waals surface area contributed by atoms with E-state index in [1.165, 1.54) is 24.8 Å². The van der Waals surface area contributed by atoms with Gasteiger partial charge in [0.1, 0.15) is 0 Å². The average molecular weight is 154 g/mol. The molecule has 1 heteroatoms. The lowest BCUT2D eigenvalue weighted by Gasteiger charge is -2.09. The second-order valence-electron chi connectivity index (χ2n) is 3.71. The highest BCUT2D eigenvalue weighted by atomic mass is 16.3. The standard InChI is InChI=1S/C10H18O/c1-8(2)9-5-3-4-6-10(11)7-9/h7-8,10-11H,3-6H2,1-2H3. The van der Waals surface area contributed by atoms with E-state index < -0.39 is 0 Å². The summed E-state index contributed by atoms with van der Waals surface area (Å²) in [4.78, 5) is 0. The molecule has 0 saturated heterocycles. The molecule has 0 spiro atoms. The maximum Gasteiger partial charge on any atom is 0.0723 e. The number of aliphatic hydroxyl groups is 1. The Labute approximate surface area is 69.1 Å². The van der Waals surface area contributed by atoms with E-state index in [0.717, 1.165) is 6.42 Å². The van der Waals surface area contributed by atoms with E-state index in [2.05, 4.69) is 19.9 Å². The van der Waals surface area contributed by atoms with E-state index in [1.54, 1.807) is 0 Å². The van der Waals surface area contributed by atoms with Gasteiger partial charge in [0.2, 0.25) is 0 Å². The van der Waals surface area contributed by atoms with Crippen LogP contribution in [0.2, 0.25) is 0 Å². The summed E-state index contributed by atoms with van der Waals surface area (Å²) < 4.78 is 0. The molecule has 0 saturated carbocycles. The van der Waals surface area contributed by atoms with Gasteiger partial charge >= 0.3 is 0 Å². The Morgan fingerprint density at radius 3 is 2.82 bits per heavy atom. The molecule has 0 aromatic rings. The summed E-state index contributed by atoms with van der Waals surface area (Å²) in [6.45, 7) is 4.40. The van der Waals surface area contributed by atoms with Gasteiger partial charge in [-0.2, -0.15) is 0 Å². The van der Waals surface area contributed by atoms with Gasteiger partial charge in [-0.1, -0.05) is 31.9 Å². The fraction of sp³-hybridized carbons (Fsp3) is 0.800. The molecule has 0 amide bonds. The monoisotopic (exact) mass is 154 g/mol. The van der Waals surface area contributed by atoms with Crippen molar-refractivity contribution in [1.82, 2.24) is 0 Å². The van der Waals surface area contributed by atoms with Gasteiger partial charge in [-0.05, 0) is 25.2 Å². The lowest BCUT2D eigenvalue weighted by atomic mass is 9.99. The predicted molar refractivity (Wildman–Crippen MR) is 47.4 cm³/mol. The molecule has 0 radical (unpaired) electrons. The molecule has 0 heterocycles. The number of aliphatic hydroxyl groups excluding tert-OH is 1. The lowest BCUT2D eigenvalue weighted by Crippen LogP contribution is -2.02. The van der Waals surface area contributed by atoms with Crippen molar-refractivity contribution in [2.24, 2.45) is 5.92 Å². The van der Waals surface area contributed by atoms with E-state index in [4.69, 9.17) is 0 Å². The van der Waals surface area contributed by atoms with Gasteiger partial charge in [-0.25, -0.2) is 0 Å². The molecule has 1 unspecified atom stereocenters. The first-order valence-electron chi connectivity index (χ1n) is 4.59. The largest absolute Gasteiger partial charge is 0.389 e. The minimum Gasteiger partial charge on any atom is -0.389 e. The Balaban J connectivity index is 2.59. The zero-order chi connectivity index (χ0) is 8.27. The van der Waals surface area contributed by atoms with Gasteiger partial charge in [-0.15, -0.1) is 0 Å². The third kappa shape index (κ3) is 2.66. The second-order valence-corrected chi connectivity index (χ2v) is 3.71. The summed E-state index contributed by atoms with van der Waals surface area (Å²) in [5, 5.41) is 9.43. The first-order valence-corrected chi connectivity index (χ1v) is 4.59. The summed E-state index contributed by atoms with van der Waals surface area (Å²) >= 11 is 0. The van der Waals surface area contributed by atoms with Gasteiger partial charge < -0.3 is 5.11 Å². The fourth-order valence-corrected chi connectivity index (χ4v) is 1.58. The quantitative estimate of drug-likeness (QED) is 0.575. The number of allylic oxidation sites excluding steroid dienone is 1. The molecule has 0 aliphatic heterocycles. The van der Waals surface area contributed by atoms with Crippen molar-refractivity contribution in [3.05, 3.63) is 11.6 Å². The van der Waals surface area contributed by atoms with Crippen LogP contribution in [-0.2, 0) is 0 Å². The molecule has 1 nitrogen and oxygen atoms in total. The lowest BCUT2D eigenvalue weighted by molar-refractivity contribution is 0.210. The molecule has 0 aromatic heterocycles. The molecule has 0 aromatic carbocycles. The SMILES string of the molecule is CC(C)C1=CC(O)CCCC1. The van der Waals surface area contributed by atoms with Gasteiger partial charge in [0.15, 0.2) is 0 Å². The predicted octanol–water partition coefficient (Wildman–Crippen LogP) is 2.50. The highest BCUT2D eigenvalue weighted by Gasteiger charge is 2.10. The van der Waals surface area contributed by atoms with Crippen LogP contribution in [0, 0.1) is 5.92 Å². The number of hydrogen-bond donors (Lipinski definition) is 1. The normalized spacial score (nSPS) is 26.5. The van der Waals surface area contributed by atoms with Crippen LogP contribution >= 0.6 is 0 Å². The van der Waals surface area contributed by atoms with Crippen LogP contribution in [-0.4, -0.2) is 11.2 Å². The van der Waals surface area contributed by atoms with Crippen molar-refractivity contribution in [2.45, 2.75) is 45.6 Å². The van der Waals surface area contributed by atoms with Crippen LogP contribution in [0.5, 0.6) is 0 Å². The van der Waals surface area contributed by atoms with Crippen molar-refractivity contribution in [2.75, 3.05) is 0 Å². The summed E-state index contributed by atoms with van der Waals surface area (Å²) in [7, 11) is 0. The molecule has 1 aliphatic carbocycles. The molecule has 1 aliphatic rings. The molecule has 1 rings (SSSR count). The van der Waals surface area contributed by atoms with Crippen molar-refractivity contribution in [3.8, 4) is 0 Å². The highest BCUT2D eigenvalue weighted by Crippen LogP contribution is 2.22. The van der Waals surface area contributed by atoms with Gasteiger partial charge in [0.05, 0.1) is 6.10 Å². The maximum atomic E-state index is 9.43. The van der Waals surface area contributed by atoms with Crippen LogP contribution < -0.4 is 0 Å². The molecular formula is C10H18O. The first kappa shape index (κ1) is 8.79. The molecular weight excluding hydrogens is 136 g/mol. The summed E-state index contributed by atoms with van der Waals surface area (Å²) in [6, 6.07) is 0. The first-order chi connectivity index (χ1) is 5.20. The molecule has 1 atom stereocenters. The Kier molecular flexibility index (Phi) is 3.13. The van der Waals surface area contributed by atoms with Crippen molar-refractivity contribution < 1.29 is 5.11 Å². The molecule has 11 heavy (non-hydrogen) atoms. The molecule has 64 valence electrons. The van der Waals surface area contributed by atoms with Crippen LogP contribution in [0.4, 0.5) is 0 Å². The van der Waals surface area contributed by atoms with Crippen LogP contribution in [0.3, 0.4) is 0 Å². The Hall–Kier alpha value is -0.300. The Bertz CT molecular complexity index is 147. The van der Waals surface area contributed by atoms with Crippen LogP contribution in [0.25, 0.3) is 0 Å². The molecule has 0 bridgehead atoms. The van der Waals surface area contributed by atoms with Crippen LogP contribution in [0.1, 0.15) is 39.5 Å². The average Bonchev–Trinajstić information content (AvgIpc) is 2.13. The molecule has 1 N–H and O–H groups in total. The second kappa shape index (κ2) is 3.91. The topological polar surface area (TPSA) is 20.2 Å². The third-order valence-corrected chi connectivity index (χ3v) is 2.36. The smallest absolute Gasteiger partial charge is 0.0723 e. The maximum absolute atomic E-state index is 9.43. The summed E-state index contributed by atoms with van der Waals surface area (Å²) in [5.41, 5.74) is 1.44. The number of rotatable bonds is 1. The van der Waals surface area contributed by atoms with Gasteiger partial charge in [-0.3, -0.25) is 0 Å². The minimum absolute atomic E-state index is 0.171. The zero-order valence-corrected chi connectivity index (χ0v) is 7.51. The van der Waals surface area contributed by atoms with E-state index >= 15 is 0 Å². The summed E-state index contributed by atoms with van der Waals surface area (Å²) in [5.74, 6) is 0.614. The highest BCUT2D eigenvalue weighted by molar-refractivity contribution is 5.09. The zero-order valence-electron chi connectivity index (χ0n) is 7.51. The van der Waals surface area contributed by atoms with E-state index in [9.17, 15) is 5.11 Å². The van der Waals surface area contributed by atoms with E-state index in [1.807, 2.05) is 0 Å².